The minimum Gasteiger partial charge on any atom is -0.476 e. The van der Waals surface area contributed by atoms with E-state index in [1.807, 2.05) is 11.4 Å². The SMILES string of the molecule is O=C(O)c1nnn(Cc2cc(Br)cs2)c1C1CC1. The third kappa shape index (κ3) is 2.20. The van der Waals surface area contributed by atoms with E-state index in [9.17, 15) is 4.79 Å². The van der Waals surface area contributed by atoms with Crippen molar-refractivity contribution in [2.75, 3.05) is 0 Å². The molecule has 18 heavy (non-hydrogen) atoms. The monoisotopic (exact) mass is 327 g/mol. The molecule has 2 aromatic rings. The van der Waals surface area contributed by atoms with Crippen LogP contribution in [0.1, 0.15) is 39.8 Å². The lowest BCUT2D eigenvalue weighted by Gasteiger charge is -2.03. The average molecular weight is 328 g/mol. The molecule has 0 unspecified atom stereocenters. The van der Waals surface area contributed by atoms with Crippen LogP contribution < -0.4 is 0 Å². The highest BCUT2D eigenvalue weighted by Crippen LogP contribution is 2.41. The second-order valence-electron chi connectivity index (χ2n) is 4.29. The minimum atomic E-state index is -0.990. The summed E-state index contributed by atoms with van der Waals surface area (Å²) in [5.41, 5.74) is 0.875. The third-order valence-corrected chi connectivity index (χ3v) is 4.55. The topological polar surface area (TPSA) is 68.0 Å². The van der Waals surface area contributed by atoms with E-state index in [1.54, 1.807) is 16.0 Å². The molecule has 0 bridgehead atoms. The quantitative estimate of drug-likeness (QED) is 0.937. The van der Waals surface area contributed by atoms with Gasteiger partial charge in [-0.05, 0) is 34.8 Å². The predicted octanol–water partition coefficient (Wildman–Crippen LogP) is 2.73. The molecule has 0 aliphatic heterocycles. The Hall–Kier alpha value is -1.21. The molecule has 3 rings (SSSR count). The van der Waals surface area contributed by atoms with Gasteiger partial charge >= 0.3 is 5.97 Å². The number of nitrogens with zero attached hydrogens (tertiary/aromatic N) is 3. The minimum absolute atomic E-state index is 0.105. The number of aromatic nitrogens is 3. The lowest BCUT2D eigenvalue weighted by Crippen LogP contribution is -2.07. The molecule has 7 heteroatoms. The van der Waals surface area contributed by atoms with Crippen LogP contribution in [0.2, 0.25) is 0 Å². The predicted molar refractivity (Wildman–Crippen MR) is 70.1 cm³/mol. The molecule has 1 fully saturated rings. The fourth-order valence-electron chi connectivity index (χ4n) is 1.93. The maximum atomic E-state index is 11.1. The van der Waals surface area contributed by atoms with Gasteiger partial charge in [0.15, 0.2) is 5.69 Å². The summed E-state index contributed by atoms with van der Waals surface area (Å²) in [4.78, 5) is 12.2. The normalized spacial score (nSPS) is 14.9. The van der Waals surface area contributed by atoms with Crippen molar-refractivity contribution in [3.63, 3.8) is 0 Å². The van der Waals surface area contributed by atoms with Gasteiger partial charge in [-0.1, -0.05) is 5.21 Å². The number of carbonyl (C=O) groups is 1. The van der Waals surface area contributed by atoms with E-state index in [-0.39, 0.29) is 5.69 Å². The van der Waals surface area contributed by atoms with E-state index >= 15 is 0 Å². The molecule has 94 valence electrons. The summed E-state index contributed by atoms with van der Waals surface area (Å²) in [5.74, 6) is -0.676. The summed E-state index contributed by atoms with van der Waals surface area (Å²) in [6, 6.07) is 2.02. The zero-order valence-corrected chi connectivity index (χ0v) is 11.7. The van der Waals surface area contributed by atoms with Gasteiger partial charge in [0.05, 0.1) is 12.2 Å². The lowest BCUT2D eigenvalue weighted by atomic mass is 10.2. The summed E-state index contributed by atoms with van der Waals surface area (Å²) in [7, 11) is 0. The van der Waals surface area contributed by atoms with Gasteiger partial charge in [0.25, 0.3) is 0 Å². The van der Waals surface area contributed by atoms with Crippen molar-refractivity contribution in [1.29, 1.82) is 0 Å². The number of hydrogen-bond acceptors (Lipinski definition) is 4. The van der Waals surface area contributed by atoms with Gasteiger partial charge in [0, 0.05) is 20.6 Å². The van der Waals surface area contributed by atoms with E-state index in [0.29, 0.717) is 12.5 Å². The maximum absolute atomic E-state index is 11.1. The van der Waals surface area contributed by atoms with Crippen LogP contribution in [0.4, 0.5) is 0 Å². The Balaban J connectivity index is 1.94. The molecule has 0 saturated heterocycles. The van der Waals surface area contributed by atoms with Gasteiger partial charge in [-0.25, -0.2) is 9.48 Å². The standard InChI is InChI=1S/C11H10BrN3O2S/c12-7-3-8(18-5-7)4-15-10(6-1-2-6)9(11(16)17)13-14-15/h3,5-6H,1-2,4H2,(H,16,17). The largest absolute Gasteiger partial charge is 0.476 e. The van der Waals surface area contributed by atoms with Crippen LogP contribution in [-0.2, 0) is 6.54 Å². The number of halogens is 1. The number of rotatable bonds is 4. The van der Waals surface area contributed by atoms with Gasteiger partial charge in [-0.2, -0.15) is 0 Å². The van der Waals surface area contributed by atoms with Crippen molar-refractivity contribution >= 4 is 33.2 Å². The van der Waals surface area contributed by atoms with Crippen LogP contribution in [0.15, 0.2) is 15.9 Å². The molecule has 0 spiro atoms. The average Bonchev–Trinajstić information content (AvgIpc) is 2.94. The molecule has 1 aliphatic rings. The Morgan fingerprint density at radius 1 is 1.61 bits per heavy atom. The molecular formula is C11H10BrN3O2S. The first-order valence-corrected chi connectivity index (χ1v) is 7.22. The van der Waals surface area contributed by atoms with Crippen molar-refractivity contribution < 1.29 is 9.90 Å². The molecule has 0 aromatic carbocycles. The molecule has 2 heterocycles. The van der Waals surface area contributed by atoms with Gasteiger partial charge in [0.1, 0.15) is 0 Å². The Bertz CT molecular complexity index is 603. The first kappa shape index (κ1) is 11.9. The van der Waals surface area contributed by atoms with Crippen LogP contribution in [-0.4, -0.2) is 26.1 Å². The third-order valence-electron chi connectivity index (χ3n) is 2.87. The number of aromatic carboxylic acids is 1. The van der Waals surface area contributed by atoms with Gasteiger partial charge < -0.3 is 5.11 Å². The molecule has 1 saturated carbocycles. The van der Waals surface area contributed by atoms with E-state index in [0.717, 1.165) is 27.9 Å². The molecule has 5 nitrogen and oxygen atoms in total. The lowest BCUT2D eigenvalue weighted by molar-refractivity contribution is 0.0689. The van der Waals surface area contributed by atoms with E-state index in [4.69, 9.17) is 5.11 Å². The van der Waals surface area contributed by atoms with Crippen LogP contribution in [0.3, 0.4) is 0 Å². The highest BCUT2D eigenvalue weighted by Gasteiger charge is 2.33. The van der Waals surface area contributed by atoms with Crippen molar-refractivity contribution in [3.8, 4) is 0 Å². The second kappa shape index (κ2) is 4.47. The van der Waals surface area contributed by atoms with Crippen molar-refractivity contribution in [3.05, 3.63) is 32.2 Å². The van der Waals surface area contributed by atoms with Gasteiger partial charge in [-0.15, -0.1) is 16.4 Å². The number of carboxylic acids is 1. The van der Waals surface area contributed by atoms with E-state index < -0.39 is 5.97 Å². The Morgan fingerprint density at radius 3 is 2.94 bits per heavy atom. The summed E-state index contributed by atoms with van der Waals surface area (Å²) in [6.45, 7) is 0.586. The van der Waals surface area contributed by atoms with Crippen LogP contribution in [0.25, 0.3) is 0 Å². The summed E-state index contributed by atoms with van der Waals surface area (Å²) < 4.78 is 2.76. The molecule has 0 radical (unpaired) electrons. The maximum Gasteiger partial charge on any atom is 0.358 e. The number of hydrogen-bond donors (Lipinski definition) is 1. The molecule has 0 amide bonds. The zero-order valence-electron chi connectivity index (χ0n) is 9.34. The highest BCUT2D eigenvalue weighted by atomic mass is 79.9. The molecule has 0 atom stereocenters. The summed E-state index contributed by atoms with van der Waals surface area (Å²) >= 11 is 5.02. The first-order valence-electron chi connectivity index (χ1n) is 5.54. The Labute approximate surface area is 116 Å². The van der Waals surface area contributed by atoms with Crippen LogP contribution in [0.5, 0.6) is 0 Å². The first-order chi connectivity index (χ1) is 8.65. The van der Waals surface area contributed by atoms with Crippen molar-refractivity contribution in [2.45, 2.75) is 25.3 Å². The fourth-order valence-corrected chi connectivity index (χ4v) is 3.37. The van der Waals surface area contributed by atoms with Gasteiger partial charge in [-0.3, -0.25) is 0 Å². The summed E-state index contributed by atoms with van der Waals surface area (Å²) in [5, 5.41) is 18.9. The van der Waals surface area contributed by atoms with E-state index in [2.05, 4.69) is 26.2 Å². The highest BCUT2D eigenvalue weighted by molar-refractivity contribution is 9.10. The Morgan fingerprint density at radius 2 is 2.39 bits per heavy atom. The zero-order chi connectivity index (χ0) is 12.7. The van der Waals surface area contributed by atoms with Gasteiger partial charge in [0.2, 0.25) is 0 Å². The van der Waals surface area contributed by atoms with Crippen molar-refractivity contribution in [1.82, 2.24) is 15.0 Å². The second-order valence-corrected chi connectivity index (χ2v) is 6.20. The van der Waals surface area contributed by atoms with Crippen LogP contribution in [0, 0.1) is 0 Å². The fraction of sp³-hybridized carbons (Fsp3) is 0.364. The van der Waals surface area contributed by atoms with E-state index in [1.165, 1.54) is 0 Å². The smallest absolute Gasteiger partial charge is 0.358 e. The molecule has 1 N–H and O–H groups in total. The Kier molecular flexibility index (Phi) is 2.95. The molecule has 1 aliphatic carbocycles. The molecule has 2 aromatic heterocycles. The number of carboxylic acid groups (broad SMARTS) is 1. The van der Waals surface area contributed by atoms with Crippen LogP contribution >= 0.6 is 27.3 Å². The van der Waals surface area contributed by atoms with Crippen molar-refractivity contribution in [2.24, 2.45) is 0 Å². The summed E-state index contributed by atoms with van der Waals surface area (Å²) in [6.07, 6.45) is 2.06. The molecular weight excluding hydrogens is 318 g/mol. The number of thiophene rings is 1.